The summed E-state index contributed by atoms with van der Waals surface area (Å²) < 4.78 is 0.476. The summed E-state index contributed by atoms with van der Waals surface area (Å²) in [5.74, 6) is -1.03. The summed E-state index contributed by atoms with van der Waals surface area (Å²) in [6.45, 7) is 0.331. The number of amides is 1. The normalized spacial score (nSPS) is 15.7. The molecular weight excluding hydrogens is 390 g/mol. The van der Waals surface area contributed by atoms with Gasteiger partial charge in [0.05, 0.1) is 4.91 Å². The van der Waals surface area contributed by atoms with E-state index in [1.807, 2.05) is 66.7 Å². The van der Waals surface area contributed by atoms with E-state index in [1.165, 1.54) is 16.7 Å². The second-order valence-electron chi connectivity index (χ2n) is 6.24. The predicted molar refractivity (Wildman–Crippen MR) is 119 cm³/mol. The average molecular weight is 410 g/mol. The summed E-state index contributed by atoms with van der Waals surface area (Å²) in [6.07, 6.45) is 6.32. The molecule has 1 fully saturated rings. The first-order valence-electron chi connectivity index (χ1n) is 8.83. The number of rotatable bonds is 7. The van der Waals surface area contributed by atoms with Gasteiger partial charge in [-0.25, -0.2) is 0 Å². The lowest BCUT2D eigenvalue weighted by Gasteiger charge is -2.13. The van der Waals surface area contributed by atoms with Crippen molar-refractivity contribution in [3.05, 3.63) is 76.2 Å². The minimum absolute atomic E-state index is 0.0219. The van der Waals surface area contributed by atoms with Crippen LogP contribution in [0.5, 0.6) is 0 Å². The Kier molecular flexibility index (Phi) is 6.79. The van der Waals surface area contributed by atoms with E-state index in [0.717, 1.165) is 16.7 Å². The molecule has 0 saturated carbocycles. The fraction of sp³-hybridized carbons (Fsp3) is 0.136. The Morgan fingerprint density at radius 1 is 1.00 bits per heavy atom. The number of benzene rings is 2. The molecule has 0 bridgehead atoms. The van der Waals surface area contributed by atoms with Gasteiger partial charge in [0.1, 0.15) is 4.32 Å². The predicted octanol–water partition coefficient (Wildman–Crippen LogP) is 4.92. The molecule has 2 aromatic rings. The molecule has 1 saturated heterocycles. The summed E-state index contributed by atoms with van der Waals surface area (Å²) in [5, 5.41) is 8.73. The zero-order chi connectivity index (χ0) is 19.9. The van der Waals surface area contributed by atoms with Crippen LogP contribution in [-0.4, -0.2) is 32.7 Å². The van der Waals surface area contributed by atoms with Crippen molar-refractivity contribution < 1.29 is 14.7 Å². The van der Waals surface area contributed by atoms with E-state index in [9.17, 15) is 9.59 Å². The van der Waals surface area contributed by atoms with Gasteiger partial charge < -0.3 is 5.11 Å². The van der Waals surface area contributed by atoms with Crippen LogP contribution in [0.4, 0.5) is 0 Å². The molecular formula is C22H19NO3S2. The van der Waals surface area contributed by atoms with Crippen molar-refractivity contribution in [3.63, 3.8) is 0 Å². The third-order valence-electron chi connectivity index (χ3n) is 4.15. The summed E-state index contributed by atoms with van der Waals surface area (Å²) >= 11 is 6.52. The molecule has 0 radical (unpaired) electrons. The lowest BCUT2D eigenvalue weighted by molar-refractivity contribution is -0.137. The number of aliphatic carboxylic acids is 1. The summed E-state index contributed by atoms with van der Waals surface area (Å²) in [7, 11) is 0. The van der Waals surface area contributed by atoms with Crippen LogP contribution in [0.15, 0.2) is 59.5 Å². The van der Waals surface area contributed by atoms with Crippen molar-refractivity contribution in [1.29, 1.82) is 0 Å². The van der Waals surface area contributed by atoms with E-state index in [1.54, 1.807) is 0 Å². The highest BCUT2D eigenvalue weighted by atomic mass is 32.2. The number of carboxylic acid groups (broad SMARTS) is 1. The van der Waals surface area contributed by atoms with Crippen LogP contribution in [0.25, 0.3) is 18.2 Å². The minimum Gasteiger partial charge on any atom is -0.481 e. The number of nitrogens with zero attached hydrogens (tertiary/aromatic N) is 1. The van der Waals surface area contributed by atoms with Gasteiger partial charge in [0.25, 0.3) is 5.91 Å². The number of hydrogen-bond donors (Lipinski definition) is 1. The third-order valence-corrected chi connectivity index (χ3v) is 5.53. The fourth-order valence-electron chi connectivity index (χ4n) is 2.69. The van der Waals surface area contributed by atoms with Gasteiger partial charge in [0.2, 0.25) is 0 Å². The maximum Gasteiger partial charge on any atom is 0.303 e. The first-order chi connectivity index (χ1) is 13.5. The number of thiocarbonyl (C=S) groups is 1. The van der Waals surface area contributed by atoms with Crippen LogP contribution >= 0.6 is 24.0 Å². The van der Waals surface area contributed by atoms with E-state index in [-0.39, 0.29) is 12.3 Å². The molecule has 0 aromatic heterocycles. The largest absolute Gasteiger partial charge is 0.481 e. The number of carbonyl (C=O) groups is 2. The van der Waals surface area contributed by atoms with E-state index in [2.05, 4.69) is 6.08 Å². The molecule has 1 N–H and O–H groups in total. The average Bonchev–Trinajstić information content (AvgIpc) is 2.95. The molecule has 4 nitrogen and oxygen atoms in total. The molecule has 2 aromatic carbocycles. The highest BCUT2D eigenvalue weighted by Crippen LogP contribution is 2.32. The number of hydrogen-bond acceptors (Lipinski definition) is 4. The Hall–Kier alpha value is -2.70. The third kappa shape index (κ3) is 5.41. The molecule has 0 unspecified atom stereocenters. The molecule has 28 heavy (non-hydrogen) atoms. The van der Waals surface area contributed by atoms with Crippen molar-refractivity contribution in [3.8, 4) is 0 Å². The highest BCUT2D eigenvalue weighted by molar-refractivity contribution is 8.26. The molecule has 3 rings (SSSR count). The summed E-state index contributed by atoms with van der Waals surface area (Å²) in [6, 6.07) is 18.0. The molecule has 142 valence electrons. The smallest absolute Gasteiger partial charge is 0.303 e. The van der Waals surface area contributed by atoms with Crippen molar-refractivity contribution in [2.75, 3.05) is 6.54 Å². The van der Waals surface area contributed by atoms with Crippen LogP contribution in [-0.2, 0) is 9.59 Å². The molecule has 0 spiro atoms. The summed E-state index contributed by atoms with van der Waals surface area (Å²) in [4.78, 5) is 25.2. The minimum atomic E-state index is -0.873. The van der Waals surface area contributed by atoms with Gasteiger partial charge in [0.15, 0.2) is 0 Å². The molecule has 1 aliphatic rings. The van der Waals surface area contributed by atoms with E-state index in [0.29, 0.717) is 22.2 Å². The lowest BCUT2D eigenvalue weighted by atomic mass is 10.1. The second-order valence-corrected chi connectivity index (χ2v) is 7.92. The summed E-state index contributed by atoms with van der Waals surface area (Å²) in [5.41, 5.74) is 3.13. The zero-order valence-corrected chi connectivity index (χ0v) is 16.7. The number of carboxylic acids is 1. The first kappa shape index (κ1) is 20.0. The highest BCUT2D eigenvalue weighted by Gasteiger charge is 2.31. The van der Waals surface area contributed by atoms with Crippen LogP contribution in [0.2, 0.25) is 0 Å². The zero-order valence-electron chi connectivity index (χ0n) is 15.1. The molecule has 1 heterocycles. The standard InChI is InChI=1S/C22H19NO3S2/c24-20(25)7-4-14-23-21(26)19(28-22(23)27)15-18-12-10-17(11-13-18)9-8-16-5-2-1-3-6-16/h1-3,5-6,8-13,15H,4,7,14H2,(H,24,25). The van der Waals surface area contributed by atoms with Crippen molar-refractivity contribution >= 4 is 58.4 Å². The van der Waals surface area contributed by atoms with Gasteiger partial charge >= 0.3 is 5.97 Å². The van der Waals surface area contributed by atoms with Crippen molar-refractivity contribution in [1.82, 2.24) is 4.90 Å². The topological polar surface area (TPSA) is 57.6 Å². The van der Waals surface area contributed by atoms with Crippen molar-refractivity contribution in [2.45, 2.75) is 12.8 Å². The second kappa shape index (κ2) is 9.48. The monoisotopic (exact) mass is 409 g/mol. The van der Waals surface area contributed by atoms with Crippen LogP contribution in [0.3, 0.4) is 0 Å². The Balaban J connectivity index is 1.65. The first-order valence-corrected chi connectivity index (χ1v) is 10.1. The van der Waals surface area contributed by atoms with Gasteiger partial charge in [-0.05, 0) is 29.2 Å². The maximum atomic E-state index is 12.5. The molecule has 1 amide bonds. The van der Waals surface area contributed by atoms with Gasteiger partial charge in [0, 0.05) is 13.0 Å². The van der Waals surface area contributed by atoms with Crippen LogP contribution in [0, 0.1) is 0 Å². The SMILES string of the molecule is O=C(O)CCCN1C(=O)C(=Cc2ccc(C=Cc3ccccc3)cc2)SC1=S. The van der Waals surface area contributed by atoms with Crippen LogP contribution in [0.1, 0.15) is 29.5 Å². The molecule has 1 aliphatic heterocycles. The fourth-order valence-corrected chi connectivity index (χ4v) is 4.00. The van der Waals surface area contributed by atoms with E-state index in [4.69, 9.17) is 17.3 Å². The molecule has 6 heteroatoms. The van der Waals surface area contributed by atoms with Gasteiger partial charge in [-0.15, -0.1) is 0 Å². The van der Waals surface area contributed by atoms with E-state index >= 15 is 0 Å². The molecule has 0 aliphatic carbocycles. The number of carbonyl (C=O) groups excluding carboxylic acids is 1. The Morgan fingerprint density at radius 2 is 1.61 bits per heavy atom. The van der Waals surface area contributed by atoms with Gasteiger partial charge in [-0.2, -0.15) is 0 Å². The Morgan fingerprint density at radius 3 is 2.25 bits per heavy atom. The number of thioether (sulfide) groups is 1. The van der Waals surface area contributed by atoms with Gasteiger partial charge in [-0.1, -0.05) is 90.7 Å². The molecule has 0 atom stereocenters. The van der Waals surface area contributed by atoms with Crippen molar-refractivity contribution in [2.24, 2.45) is 0 Å². The lowest BCUT2D eigenvalue weighted by Crippen LogP contribution is -2.29. The quantitative estimate of drug-likeness (QED) is 0.399. The van der Waals surface area contributed by atoms with E-state index < -0.39 is 5.97 Å². The Bertz CT molecular complexity index is 934. The van der Waals surface area contributed by atoms with Crippen LogP contribution < -0.4 is 0 Å². The Labute approximate surface area is 173 Å². The van der Waals surface area contributed by atoms with Gasteiger partial charge in [-0.3, -0.25) is 14.5 Å². The maximum absolute atomic E-state index is 12.5.